The van der Waals surface area contributed by atoms with Crippen molar-refractivity contribution in [3.8, 4) is 0 Å². The fourth-order valence-electron chi connectivity index (χ4n) is 6.77. The number of rotatable bonds is 18. The molecule has 4 fully saturated rings. The zero-order chi connectivity index (χ0) is 40.8. The zero-order valence-corrected chi connectivity index (χ0v) is 30.0. The molecule has 4 aliphatic heterocycles. The van der Waals surface area contributed by atoms with Gasteiger partial charge in [-0.25, -0.2) is 0 Å². The lowest BCUT2D eigenvalue weighted by Crippen LogP contribution is -2.65. The van der Waals surface area contributed by atoms with Crippen molar-refractivity contribution in [3.05, 3.63) is 0 Å². The average Bonchev–Trinajstić information content (AvgIpc) is 3.17. The first-order valence-electron chi connectivity index (χ1n) is 17.5. The Bertz CT molecular complexity index is 1030. The van der Waals surface area contributed by atoms with E-state index in [2.05, 4.69) is 0 Å². The number of hydrogen-bond donors (Lipinski definition) is 14. The fraction of sp³-hybridized carbons (Fsp3) is 1.00. The molecule has 0 spiro atoms. The van der Waals surface area contributed by atoms with Crippen LogP contribution < -0.4 is 0 Å². The SMILES string of the molecule is COCC(COC)(CO[C@H]1OC(CO)[C@H](O[C@@H]2OC(CO)[C@H](O)[C@@H](O)C2O)[C@@H](O)C1O)CO[C@H]1OC(CO)[C@H](O[C@@H]2OC(CO)[C@H](O)[C@@H](O)C2O)[C@@H](O)C1O. The molecule has 20 atom stereocenters. The minimum absolute atomic E-state index is 0.171. The van der Waals surface area contributed by atoms with Crippen molar-refractivity contribution < 1.29 is 119 Å². The summed E-state index contributed by atoms with van der Waals surface area (Å²) in [6, 6.07) is 0. The Kier molecular flexibility index (Phi) is 17.7. The van der Waals surface area contributed by atoms with Crippen molar-refractivity contribution in [1.29, 1.82) is 0 Å². The fourth-order valence-corrected chi connectivity index (χ4v) is 6.77. The number of ether oxygens (including phenoxy) is 10. The molecule has 0 aliphatic carbocycles. The summed E-state index contributed by atoms with van der Waals surface area (Å²) < 4.78 is 55.5. The van der Waals surface area contributed by atoms with Gasteiger partial charge in [0.25, 0.3) is 0 Å². The molecule has 14 N–H and O–H groups in total. The third-order valence-electron chi connectivity index (χ3n) is 9.93. The summed E-state index contributed by atoms with van der Waals surface area (Å²) in [5, 5.41) is 144. The minimum Gasteiger partial charge on any atom is -0.394 e. The van der Waals surface area contributed by atoms with E-state index in [1.165, 1.54) is 14.2 Å². The van der Waals surface area contributed by atoms with Crippen molar-refractivity contribution in [2.24, 2.45) is 5.41 Å². The molecular weight excluding hydrogens is 756 g/mol. The number of aliphatic hydroxyl groups is 14. The van der Waals surface area contributed by atoms with Gasteiger partial charge in [0.15, 0.2) is 25.2 Å². The van der Waals surface area contributed by atoms with Crippen molar-refractivity contribution in [2.75, 3.05) is 67.1 Å². The molecule has 4 rings (SSSR count). The van der Waals surface area contributed by atoms with Gasteiger partial charge in [-0.05, 0) is 0 Å². The summed E-state index contributed by atoms with van der Waals surface area (Å²) in [5.74, 6) is 0. The van der Waals surface area contributed by atoms with Crippen LogP contribution in [0.15, 0.2) is 0 Å². The van der Waals surface area contributed by atoms with Gasteiger partial charge < -0.3 is 119 Å². The van der Waals surface area contributed by atoms with Crippen LogP contribution in [0.3, 0.4) is 0 Å². The van der Waals surface area contributed by atoms with Gasteiger partial charge in [0, 0.05) is 14.2 Å². The lowest BCUT2D eigenvalue weighted by molar-refractivity contribution is -0.366. The molecule has 0 aromatic rings. The second-order valence-corrected chi connectivity index (χ2v) is 14.0. The third-order valence-corrected chi connectivity index (χ3v) is 9.93. The third kappa shape index (κ3) is 10.4. The Balaban J connectivity index is 1.41. The van der Waals surface area contributed by atoms with Crippen molar-refractivity contribution >= 4 is 0 Å². The molecule has 4 saturated heterocycles. The van der Waals surface area contributed by atoms with Gasteiger partial charge >= 0.3 is 0 Å². The summed E-state index contributed by atoms with van der Waals surface area (Å²) in [6.45, 7) is -4.34. The smallest absolute Gasteiger partial charge is 0.187 e. The lowest BCUT2D eigenvalue weighted by Gasteiger charge is -2.47. The first kappa shape index (κ1) is 46.7. The van der Waals surface area contributed by atoms with Gasteiger partial charge in [0.2, 0.25) is 0 Å². The molecule has 0 saturated carbocycles. The van der Waals surface area contributed by atoms with Gasteiger partial charge in [0.05, 0.1) is 58.3 Å². The van der Waals surface area contributed by atoms with Crippen LogP contribution in [0.25, 0.3) is 0 Å². The standard InChI is InChI=1S/C31H56O24/c1-46-7-31(8-47-2,9-48-27-23(44)19(40)25(13(5-34)52-27)54-29-21(42)17(38)15(36)11(3-32)50-29)10-49-28-24(45)20(41)26(14(6-35)53-28)55-30-22(43)18(39)16(37)12(4-33)51-30/h11-30,32-45H,3-10H2,1-2H3/t11?,12?,13?,14?,15-,16-,17+,18+,19-,20-,21?,22?,23?,24?,25-,26-,27-,28-,29-,30-/m0/s1. The largest absolute Gasteiger partial charge is 0.394 e. The second-order valence-electron chi connectivity index (χ2n) is 14.0. The quantitative estimate of drug-likeness (QED) is 0.0611. The van der Waals surface area contributed by atoms with Crippen LogP contribution in [0.1, 0.15) is 0 Å². The molecule has 0 aromatic heterocycles. The van der Waals surface area contributed by atoms with Crippen molar-refractivity contribution in [1.82, 2.24) is 0 Å². The zero-order valence-electron chi connectivity index (χ0n) is 30.0. The molecule has 0 aromatic carbocycles. The van der Waals surface area contributed by atoms with Gasteiger partial charge in [-0.15, -0.1) is 0 Å². The molecule has 0 amide bonds. The van der Waals surface area contributed by atoms with E-state index in [0.717, 1.165) is 0 Å². The molecule has 55 heavy (non-hydrogen) atoms. The molecule has 0 radical (unpaired) electrons. The highest BCUT2D eigenvalue weighted by molar-refractivity contribution is 4.96. The van der Waals surface area contributed by atoms with E-state index < -0.39 is 168 Å². The normalized spacial score (nSPS) is 45.8. The molecule has 8 unspecified atom stereocenters. The summed E-state index contributed by atoms with van der Waals surface area (Å²) in [5.41, 5.74) is -1.30. The molecule has 0 bridgehead atoms. The number of hydrogen-bond acceptors (Lipinski definition) is 24. The summed E-state index contributed by atoms with van der Waals surface area (Å²) in [4.78, 5) is 0. The van der Waals surface area contributed by atoms with E-state index >= 15 is 0 Å². The van der Waals surface area contributed by atoms with Crippen molar-refractivity contribution in [2.45, 2.75) is 123 Å². The second kappa shape index (κ2) is 20.8. The number of methoxy groups -OCH3 is 2. The first-order chi connectivity index (χ1) is 26.1. The van der Waals surface area contributed by atoms with Crippen LogP contribution in [0.2, 0.25) is 0 Å². The van der Waals surface area contributed by atoms with Crippen LogP contribution in [-0.2, 0) is 47.4 Å². The van der Waals surface area contributed by atoms with E-state index in [1.54, 1.807) is 0 Å². The van der Waals surface area contributed by atoms with Gasteiger partial charge in [0.1, 0.15) is 97.7 Å². The minimum atomic E-state index is -1.87. The average molecular weight is 813 g/mol. The summed E-state index contributed by atoms with van der Waals surface area (Å²) in [6.07, 6.45) is -33.7. The molecule has 324 valence electrons. The summed E-state index contributed by atoms with van der Waals surface area (Å²) >= 11 is 0. The first-order valence-corrected chi connectivity index (χ1v) is 17.5. The van der Waals surface area contributed by atoms with Crippen LogP contribution in [0, 0.1) is 5.41 Å². The van der Waals surface area contributed by atoms with Crippen LogP contribution >= 0.6 is 0 Å². The monoisotopic (exact) mass is 812 g/mol. The Morgan fingerprint density at radius 1 is 0.382 bits per heavy atom. The molecule has 24 nitrogen and oxygen atoms in total. The van der Waals surface area contributed by atoms with Gasteiger partial charge in [-0.3, -0.25) is 0 Å². The highest BCUT2D eigenvalue weighted by atomic mass is 16.8. The lowest BCUT2D eigenvalue weighted by atomic mass is 9.91. The maximum absolute atomic E-state index is 11.0. The predicted octanol–water partition coefficient (Wildman–Crippen LogP) is -9.45. The van der Waals surface area contributed by atoms with Gasteiger partial charge in [-0.1, -0.05) is 0 Å². The van der Waals surface area contributed by atoms with Gasteiger partial charge in [-0.2, -0.15) is 0 Å². The Morgan fingerprint density at radius 3 is 1.00 bits per heavy atom. The van der Waals surface area contributed by atoms with E-state index in [4.69, 9.17) is 47.4 Å². The Hall–Kier alpha value is -0.960. The van der Waals surface area contributed by atoms with Crippen LogP contribution in [-0.4, -0.2) is 261 Å². The van der Waals surface area contributed by atoms with E-state index in [1.807, 2.05) is 0 Å². The van der Waals surface area contributed by atoms with E-state index in [-0.39, 0.29) is 13.2 Å². The maximum atomic E-state index is 11.0. The number of aliphatic hydroxyl groups excluding tert-OH is 14. The van der Waals surface area contributed by atoms with Crippen molar-refractivity contribution in [3.63, 3.8) is 0 Å². The van der Waals surface area contributed by atoms with E-state index in [9.17, 15) is 71.5 Å². The molecule has 24 heteroatoms. The van der Waals surface area contributed by atoms with Crippen LogP contribution in [0.5, 0.6) is 0 Å². The molecular formula is C31H56O24. The van der Waals surface area contributed by atoms with E-state index in [0.29, 0.717) is 0 Å². The predicted molar refractivity (Wildman–Crippen MR) is 171 cm³/mol. The highest BCUT2D eigenvalue weighted by Gasteiger charge is 2.53. The highest BCUT2D eigenvalue weighted by Crippen LogP contribution is 2.33. The topological polar surface area (TPSA) is 376 Å². The van der Waals surface area contributed by atoms with Crippen LogP contribution in [0.4, 0.5) is 0 Å². The Morgan fingerprint density at radius 2 is 0.691 bits per heavy atom. The maximum Gasteiger partial charge on any atom is 0.187 e. The summed E-state index contributed by atoms with van der Waals surface area (Å²) in [7, 11) is 2.67. The Labute approximate surface area is 314 Å². The molecule has 4 aliphatic rings. The molecule has 4 heterocycles.